The predicted molar refractivity (Wildman–Crippen MR) is 82.9 cm³/mol. The van der Waals surface area contributed by atoms with Crippen molar-refractivity contribution in [2.45, 2.75) is 18.2 Å². The summed E-state index contributed by atoms with van der Waals surface area (Å²) in [5.74, 6) is 0. The van der Waals surface area contributed by atoms with E-state index in [0.717, 1.165) is 28.5 Å². The summed E-state index contributed by atoms with van der Waals surface area (Å²) in [6, 6.07) is 16.5. The van der Waals surface area contributed by atoms with E-state index in [0.29, 0.717) is 0 Å². The van der Waals surface area contributed by atoms with E-state index < -0.39 is 10.8 Å². The normalized spacial score (nSPS) is 19.6. The maximum Gasteiger partial charge on any atom is 0.0854 e. The van der Waals surface area contributed by atoms with E-state index in [1.165, 1.54) is 16.8 Å². The third-order valence-electron chi connectivity index (χ3n) is 4.05. The first-order valence-corrected chi connectivity index (χ1v) is 8.06. The largest absolute Gasteiger partial charge is 0.340 e. The molecule has 2 aromatic carbocycles. The van der Waals surface area contributed by atoms with Crippen molar-refractivity contribution >= 4 is 22.2 Å². The molecule has 4 rings (SSSR count). The minimum absolute atomic E-state index is 0.808. The molecule has 0 spiro atoms. The summed E-state index contributed by atoms with van der Waals surface area (Å²) in [6.07, 6.45) is 0.808. The first kappa shape index (κ1) is 11.9. The molecule has 0 aromatic heterocycles. The van der Waals surface area contributed by atoms with Gasteiger partial charge in [0, 0.05) is 18.5 Å². The Kier molecular flexibility index (Phi) is 2.57. The maximum absolute atomic E-state index is 12.9. The average molecular weight is 281 g/mol. The molecule has 0 N–H and O–H groups in total. The lowest BCUT2D eigenvalue weighted by atomic mass is 10.1. The number of benzene rings is 2. The van der Waals surface area contributed by atoms with Gasteiger partial charge < -0.3 is 4.90 Å². The van der Waals surface area contributed by atoms with Gasteiger partial charge in [-0.1, -0.05) is 36.4 Å². The molecule has 1 unspecified atom stereocenters. The van der Waals surface area contributed by atoms with E-state index in [-0.39, 0.29) is 0 Å². The smallest absolute Gasteiger partial charge is 0.0854 e. The average Bonchev–Trinajstić information content (AvgIpc) is 2.88. The van der Waals surface area contributed by atoms with Gasteiger partial charge in [0.2, 0.25) is 0 Å². The molecule has 0 saturated heterocycles. The van der Waals surface area contributed by atoms with Crippen molar-refractivity contribution in [1.29, 1.82) is 0 Å². The molecule has 1 heterocycles. The van der Waals surface area contributed by atoms with Gasteiger partial charge in [-0.15, -0.1) is 0 Å². The van der Waals surface area contributed by atoms with Gasteiger partial charge in [-0.3, -0.25) is 0 Å². The molecule has 0 amide bonds. The number of hydrogen-bond acceptors (Lipinski definition) is 2. The number of nitrogens with zero attached hydrogens (tertiary/aromatic N) is 1. The fraction of sp³-hybridized carbons (Fsp3) is 0.176. The zero-order valence-corrected chi connectivity index (χ0v) is 12.1. The van der Waals surface area contributed by atoms with Crippen LogP contribution in [0.4, 0.5) is 5.69 Å². The molecule has 2 aliphatic rings. The molecule has 100 valence electrons. The second-order valence-electron chi connectivity index (χ2n) is 5.09. The molecule has 3 heteroatoms. The van der Waals surface area contributed by atoms with Crippen LogP contribution < -0.4 is 4.90 Å². The van der Waals surface area contributed by atoms with Gasteiger partial charge in [0.25, 0.3) is 0 Å². The van der Waals surface area contributed by atoms with Crippen LogP contribution in [0.15, 0.2) is 58.3 Å². The number of anilines is 1. The van der Waals surface area contributed by atoms with Gasteiger partial charge >= 0.3 is 0 Å². The summed E-state index contributed by atoms with van der Waals surface area (Å²) in [6.45, 7) is 3.04. The van der Waals surface area contributed by atoms with E-state index in [1.54, 1.807) is 0 Å². The standard InChI is InChI=1S/C17H15NOS/c1-2-18-14-9-5-6-10-15(14)20(19)16-11-12-7-3-4-8-13(12)17(16)18/h3-10H,2,11H2,1H3. The quantitative estimate of drug-likeness (QED) is 0.796. The summed E-state index contributed by atoms with van der Waals surface area (Å²) >= 11 is 0. The Labute approximate surface area is 121 Å². The van der Waals surface area contributed by atoms with Crippen LogP contribution in [0, 0.1) is 0 Å². The maximum atomic E-state index is 12.9. The van der Waals surface area contributed by atoms with Gasteiger partial charge in [0.1, 0.15) is 0 Å². The Morgan fingerprint density at radius 1 is 1.10 bits per heavy atom. The molecule has 0 fully saturated rings. The van der Waals surface area contributed by atoms with E-state index in [1.807, 2.05) is 18.2 Å². The summed E-state index contributed by atoms with van der Waals surface area (Å²) in [5.41, 5.74) is 4.79. The van der Waals surface area contributed by atoms with Crippen LogP contribution in [-0.2, 0) is 17.2 Å². The molecule has 1 aliphatic heterocycles. The van der Waals surface area contributed by atoms with Crippen LogP contribution in [0.3, 0.4) is 0 Å². The molecule has 2 aromatic rings. The van der Waals surface area contributed by atoms with Crippen LogP contribution in [0.5, 0.6) is 0 Å². The Balaban J connectivity index is 1.98. The fourth-order valence-corrected chi connectivity index (χ4v) is 4.70. The molecule has 0 bridgehead atoms. The monoisotopic (exact) mass is 281 g/mol. The van der Waals surface area contributed by atoms with Crippen LogP contribution in [0.25, 0.3) is 5.70 Å². The molecule has 20 heavy (non-hydrogen) atoms. The Bertz CT molecular complexity index is 763. The van der Waals surface area contributed by atoms with Crippen LogP contribution in [-0.4, -0.2) is 10.8 Å². The zero-order valence-electron chi connectivity index (χ0n) is 11.3. The highest BCUT2D eigenvalue weighted by molar-refractivity contribution is 7.89. The van der Waals surface area contributed by atoms with Crippen molar-refractivity contribution in [2.75, 3.05) is 11.4 Å². The highest BCUT2D eigenvalue weighted by atomic mass is 32.2. The van der Waals surface area contributed by atoms with Crippen molar-refractivity contribution in [2.24, 2.45) is 0 Å². The SMILES string of the molecule is CCN1C2=C(Cc3ccccc32)S(=O)c2ccccc21. The van der Waals surface area contributed by atoms with Crippen LogP contribution >= 0.6 is 0 Å². The lowest BCUT2D eigenvalue weighted by molar-refractivity contribution is 0.685. The number of para-hydroxylation sites is 1. The van der Waals surface area contributed by atoms with Crippen LogP contribution in [0.1, 0.15) is 18.1 Å². The Morgan fingerprint density at radius 2 is 1.85 bits per heavy atom. The summed E-state index contributed by atoms with van der Waals surface area (Å²) in [7, 11) is -1.03. The lowest BCUT2D eigenvalue weighted by Crippen LogP contribution is -2.26. The molecular formula is C17H15NOS. The van der Waals surface area contributed by atoms with Gasteiger partial charge in [0.15, 0.2) is 0 Å². The van der Waals surface area contributed by atoms with E-state index in [4.69, 9.17) is 0 Å². The van der Waals surface area contributed by atoms with E-state index >= 15 is 0 Å². The third-order valence-corrected chi connectivity index (χ3v) is 5.58. The van der Waals surface area contributed by atoms with Crippen molar-refractivity contribution in [3.63, 3.8) is 0 Å². The lowest BCUT2D eigenvalue weighted by Gasteiger charge is -2.32. The topological polar surface area (TPSA) is 20.3 Å². The first-order valence-electron chi connectivity index (χ1n) is 6.91. The number of rotatable bonds is 1. The second kappa shape index (κ2) is 4.32. The summed E-state index contributed by atoms with van der Waals surface area (Å²) < 4.78 is 12.9. The number of hydrogen-bond donors (Lipinski definition) is 0. The van der Waals surface area contributed by atoms with Crippen molar-refractivity contribution in [1.82, 2.24) is 0 Å². The second-order valence-corrected chi connectivity index (χ2v) is 6.56. The number of fused-ring (bicyclic) bond motifs is 3. The minimum Gasteiger partial charge on any atom is -0.340 e. The predicted octanol–water partition coefficient (Wildman–Crippen LogP) is 3.56. The third kappa shape index (κ3) is 1.47. The van der Waals surface area contributed by atoms with Gasteiger partial charge in [-0.05, 0) is 24.6 Å². The van der Waals surface area contributed by atoms with Gasteiger partial charge in [0.05, 0.1) is 32.0 Å². The molecule has 1 aliphatic carbocycles. The van der Waals surface area contributed by atoms with Gasteiger partial charge in [-0.2, -0.15) is 0 Å². The fourth-order valence-electron chi connectivity index (χ4n) is 3.18. The molecule has 1 atom stereocenters. The number of allylic oxidation sites excluding steroid dienone is 1. The summed E-state index contributed by atoms with van der Waals surface area (Å²) in [4.78, 5) is 4.31. The zero-order chi connectivity index (χ0) is 13.7. The van der Waals surface area contributed by atoms with E-state index in [9.17, 15) is 4.21 Å². The van der Waals surface area contributed by atoms with E-state index in [2.05, 4.69) is 42.2 Å². The summed E-state index contributed by atoms with van der Waals surface area (Å²) in [5, 5.41) is 0. The Hall–Kier alpha value is -1.87. The molecule has 0 saturated carbocycles. The highest BCUT2D eigenvalue weighted by Crippen LogP contribution is 2.46. The Morgan fingerprint density at radius 3 is 2.70 bits per heavy atom. The first-order chi connectivity index (χ1) is 9.81. The van der Waals surface area contributed by atoms with Crippen molar-refractivity contribution < 1.29 is 4.21 Å². The van der Waals surface area contributed by atoms with Crippen molar-refractivity contribution in [3.8, 4) is 0 Å². The highest BCUT2D eigenvalue weighted by Gasteiger charge is 2.35. The minimum atomic E-state index is -1.03. The van der Waals surface area contributed by atoms with Crippen molar-refractivity contribution in [3.05, 3.63) is 64.6 Å². The van der Waals surface area contributed by atoms with Gasteiger partial charge in [-0.25, -0.2) is 4.21 Å². The van der Waals surface area contributed by atoms with Crippen LogP contribution in [0.2, 0.25) is 0 Å². The molecule has 2 nitrogen and oxygen atoms in total. The molecular weight excluding hydrogens is 266 g/mol. The molecule has 0 radical (unpaired) electrons.